The number of aliphatic carboxylic acids is 2. The number of carbonyl (C=O) groups excluding carboxylic acids is 3. The van der Waals surface area contributed by atoms with E-state index in [9.17, 15) is 29.1 Å². The molecule has 1 aromatic rings. The van der Waals surface area contributed by atoms with Gasteiger partial charge in [-0.15, -0.1) is 0 Å². The lowest BCUT2D eigenvalue weighted by atomic mass is 10.0. The van der Waals surface area contributed by atoms with Crippen LogP contribution in [0.1, 0.15) is 38.7 Å². The summed E-state index contributed by atoms with van der Waals surface area (Å²) < 4.78 is 0. The molecule has 36 heavy (non-hydrogen) atoms. The lowest BCUT2D eigenvalue weighted by molar-refractivity contribution is -0.147. The van der Waals surface area contributed by atoms with Crippen molar-refractivity contribution >= 4 is 41.4 Å². The van der Waals surface area contributed by atoms with Crippen LogP contribution in [0.25, 0.3) is 0 Å². The van der Waals surface area contributed by atoms with E-state index in [-0.39, 0.29) is 18.8 Å². The molecule has 4 atom stereocenters. The van der Waals surface area contributed by atoms with Crippen molar-refractivity contribution in [2.45, 2.75) is 63.7 Å². The molecular formula is C24H36N4O7S. The van der Waals surface area contributed by atoms with Crippen LogP contribution in [-0.4, -0.2) is 76.0 Å². The molecule has 12 heteroatoms. The van der Waals surface area contributed by atoms with Gasteiger partial charge in [0.2, 0.25) is 17.7 Å². The second-order valence-electron chi connectivity index (χ2n) is 8.83. The number of carboxylic acid groups (broad SMARTS) is 2. The molecule has 1 aromatic carbocycles. The van der Waals surface area contributed by atoms with Crippen LogP contribution in [0.3, 0.4) is 0 Å². The van der Waals surface area contributed by atoms with Gasteiger partial charge in [0.15, 0.2) is 0 Å². The summed E-state index contributed by atoms with van der Waals surface area (Å²) >= 11 is 1.48. The van der Waals surface area contributed by atoms with Crippen LogP contribution < -0.4 is 21.7 Å². The highest BCUT2D eigenvalue weighted by Gasteiger charge is 2.31. The van der Waals surface area contributed by atoms with Gasteiger partial charge in [-0.1, -0.05) is 44.2 Å². The monoisotopic (exact) mass is 524 g/mol. The van der Waals surface area contributed by atoms with Gasteiger partial charge in [-0.3, -0.25) is 19.2 Å². The molecule has 0 heterocycles. The Balaban J connectivity index is 3.10. The van der Waals surface area contributed by atoms with Crippen LogP contribution in [0.15, 0.2) is 30.3 Å². The predicted octanol–water partition coefficient (Wildman–Crippen LogP) is 0.369. The van der Waals surface area contributed by atoms with Gasteiger partial charge < -0.3 is 31.9 Å². The first-order chi connectivity index (χ1) is 16.9. The van der Waals surface area contributed by atoms with Crippen LogP contribution >= 0.6 is 11.8 Å². The maximum Gasteiger partial charge on any atom is 0.326 e. The number of benzene rings is 1. The Kier molecular flexibility index (Phi) is 13.6. The Morgan fingerprint density at radius 2 is 1.44 bits per heavy atom. The Labute approximate surface area is 215 Å². The van der Waals surface area contributed by atoms with E-state index >= 15 is 0 Å². The Bertz CT molecular complexity index is 898. The highest BCUT2D eigenvalue weighted by atomic mass is 32.2. The van der Waals surface area contributed by atoms with E-state index in [0.29, 0.717) is 17.7 Å². The molecule has 0 saturated heterocycles. The molecule has 200 valence electrons. The zero-order chi connectivity index (χ0) is 27.3. The number of hydrogen-bond donors (Lipinski definition) is 6. The first-order valence-electron chi connectivity index (χ1n) is 11.6. The lowest BCUT2D eigenvalue weighted by Gasteiger charge is -2.25. The third-order valence-corrected chi connectivity index (χ3v) is 5.86. The molecule has 0 aromatic heterocycles. The van der Waals surface area contributed by atoms with Crippen LogP contribution in [0.2, 0.25) is 0 Å². The Hall–Kier alpha value is -3.12. The number of rotatable bonds is 16. The molecule has 0 spiro atoms. The summed E-state index contributed by atoms with van der Waals surface area (Å²) in [6.07, 6.45) is 1.76. The summed E-state index contributed by atoms with van der Waals surface area (Å²) in [4.78, 5) is 61.2. The fraction of sp³-hybridized carbons (Fsp3) is 0.542. The van der Waals surface area contributed by atoms with Gasteiger partial charge in [0.1, 0.15) is 18.1 Å². The molecule has 0 bridgehead atoms. The predicted molar refractivity (Wildman–Crippen MR) is 136 cm³/mol. The fourth-order valence-electron chi connectivity index (χ4n) is 3.38. The molecule has 11 nitrogen and oxygen atoms in total. The summed E-state index contributed by atoms with van der Waals surface area (Å²) in [5.74, 6) is -4.16. The lowest BCUT2D eigenvalue weighted by Crippen LogP contribution is -2.58. The van der Waals surface area contributed by atoms with Crippen LogP contribution in [0, 0.1) is 5.92 Å². The third kappa shape index (κ3) is 11.5. The second-order valence-corrected chi connectivity index (χ2v) is 9.81. The Morgan fingerprint density at radius 1 is 0.889 bits per heavy atom. The van der Waals surface area contributed by atoms with Crippen molar-refractivity contribution in [3.8, 4) is 0 Å². The van der Waals surface area contributed by atoms with Crippen LogP contribution in [0.4, 0.5) is 0 Å². The first-order valence-corrected chi connectivity index (χ1v) is 13.0. The van der Waals surface area contributed by atoms with Gasteiger partial charge in [0, 0.05) is 6.42 Å². The van der Waals surface area contributed by atoms with Crippen molar-refractivity contribution in [1.29, 1.82) is 0 Å². The van der Waals surface area contributed by atoms with E-state index in [1.54, 1.807) is 30.3 Å². The van der Waals surface area contributed by atoms with E-state index in [4.69, 9.17) is 10.8 Å². The minimum Gasteiger partial charge on any atom is -0.481 e. The van der Waals surface area contributed by atoms with Crippen molar-refractivity contribution in [3.63, 3.8) is 0 Å². The maximum atomic E-state index is 13.2. The number of thioether (sulfide) groups is 1. The van der Waals surface area contributed by atoms with Gasteiger partial charge in [-0.2, -0.15) is 11.8 Å². The minimum atomic E-state index is -1.67. The van der Waals surface area contributed by atoms with Crippen LogP contribution in [-0.2, 0) is 30.4 Å². The molecule has 0 radical (unpaired) electrons. The number of nitrogens with one attached hydrogen (secondary N) is 3. The standard InChI is InChI=1S/C24H36N4O7S/c1-14(2)11-16(25)21(31)26-17(9-10-36-3)22(32)27-18(12-15-7-5-4-6-8-15)23(33)28-19(24(34)35)13-20(29)30/h4-8,14,16-19H,9-13,25H2,1-3H3,(H,26,31)(H,27,32)(H,28,33)(H,29,30)(H,34,35). The van der Waals surface area contributed by atoms with Crippen LogP contribution in [0.5, 0.6) is 0 Å². The van der Waals surface area contributed by atoms with E-state index in [0.717, 1.165) is 0 Å². The third-order valence-electron chi connectivity index (χ3n) is 5.21. The molecule has 4 unspecified atom stereocenters. The maximum absolute atomic E-state index is 13.2. The molecule has 0 fully saturated rings. The Morgan fingerprint density at radius 3 is 1.97 bits per heavy atom. The zero-order valence-corrected chi connectivity index (χ0v) is 21.5. The quantitative estimate of drug-likeness (QED) is 0.177. The van der Waals surface area contributed by atoms with E-state index in [1.807, 2.05) is 20.1 Å². The molecule has 1 rings (SSSR count). The van der Waals surface area contributed by atoms with Gasteiger partial charge >= 0.3 is 11.9 Å². The fourth-order valence-corrected chi connectivity index (χ4v) is 3.85. The first kappa shape index (κ1) is 30.9. The smallest absolute Gasteiger partial charge is 0.326 e. The van der Waals surface area contributed by atoms with Crippen molar-refractivity contribution < 1.29 is 34.2 Å². The van der Waals surface area contributed by atoms with E-state index in [2.05, 4.69) is 16.0 Å². The van der Waals surface area contributed by atoms with E-state index in [1.165, 1.54) is 11.8 Å². The van der Waals surface area contributed by atoms with Crippen molar-refractivity contribution in [2.24, 2.45) is 11.7 Å². The van der Waals surface area contributed by atoms with E-state index < -0.39 is 60.2 Å². The largest absolute Gasteiger partial charge is 0.481 e. The number of carbonyl (C=O) groups is 5. The molecule has 7 N–H and O–H groups in total. The van der Waals surface area contributed by atoms with Crippen molar-refractivity contribution in [3.05, 3.63) is 35.9 Å². The molecule has 3 amide bonds. The molecule has 0 aliphatic heterocycles. The topological polar surface area (TPSA) is 188 Å². The average molecular weight is 525 g/mol. The highest BCUT2D eigenvalue weighted by Crippen LogP contribution is 2.08. The normalized spacial score (nSPS) is 14.2. The summed E-state index contributed by atoms with van der Waals surface area (Å²) in [5, 5.41) is 25.7. The summed E-state index contributed by atoms with van der Waals surface area (Å²) in [6.45, 7) is 3.85. The summed E-state index contributed by atoms with van der Waals surface area (Å²) in [6, 6.07) is 4.07. The number of hydrogen-bond acceptors (Lipinski definition) is 7. The molecule has 0 saturated carbocycles. The summed E-state index contributed by atoms with van der Waals surface area (Å²) in [7, 11) is 0. The van der Waals surface area contributed by atoms with Crippen molar-refractivity contribution in [2.75, 3.05) is 12.0 Å². The van der Waals surface area contributed by atoms with Gasteiger partial charge in [0.05, 0.1) is 12.5 Å². The number of nitrogens with two attached hydrogens (primary N) is 1. The highest BCUT2D eigenvalue weighted by molar-refractivity contribution is 7.98. The number of carboxylic acids is 2. The minimum absolute atomic E-state index is 0.0217. The number of amides is 3. The van der Waals surface area contributed by atoms with Gasteiger partial charge in [-0.05, 0) is 36.3 Å². The summed E-state index contributed by atoms with van der Waals surface area (Å²) in [5.41, 5.74) is 6.64. The molecular weight excluding hydrogens is 488 g/mol. The molecule has 0 aliphatic carbocycles. The van der Waals surface area contributed by atoms with Gasteiger partial charge in [-0.25, -0.2) is 4.79 Å². The average Bonchev–Trinajstić information content (AvgIpc) is 2.80. The van der Waals surface area contributed by atoms with Crippen molar-refractivity contribution in [1.82, 2.24) is 16.0 Å². The zero-order valence-electron chi connectivity index (χ0n) is 20.7. The SMILES string of the molecule is CSCCC(NC(=O)C(N)CC(C)C)C(=O)NC(Cc1ccccc1)C(=O)NC(CC(=O)O)C(=O)O. The van der Waals surface area contributed by atoms with Gasteiger partial charge in [0.25, 0.3) is 0 Å². The molecule has 0 aliphatic rings. The second kappa shape index (κ2) is 15.8.